The maximum atomic E-state index is 12.6. The maximum absolute atomic E-state index is 12.6. The van der Waals surface area contributed by atoms with Crippen molar-refractivity contribution in [2.24, 2.45) is 5.92 Å². The van der Waals surface area contributed by atoms with E-state index in [4.69, 9.17) is 18.9 Å². The van der Waals surface area contributed by atoms with Gasteiger partial charge in [-0.15, -0.1) is 0 Å². The van der Waals surface area contributed by atoms with Crippen LogP contribution in [0.2, 0.25) is 0 Å². The van der Waals surface area contributed by atoms with Gasteiger partial charge < -0.3 is 24.3 Å². The summed E-state index contributed by atoms with van der Waals surface area (Å²) in [5, 5.41) is 3.61. The quantitative estimate of drug-likeness (QED) is 0.305. The Balaban J connectivity index is 1.45. The van der Waals surface area contributed by atoms with Gasteiger partial charge in [0.2, 0.25) is 5.91 Å². The molecule has 0 unspecified atom stereocenters. The highest BCUT2D eigenvalue weighted by Crippen LogP contribution is 2.27. The highest BCUT2D eigenvalue weighted by molar-refractivity contribution is 5.97. The Kier molecular flexibility index (Phi) is 10.2. The van der Waals surface area contributed by atoms with E-state index in [9.17, 15) is 24.0 Å². The summed E-state index contributed by atoms with van der Waals surface area (Å²) in [5.41, 5.74) is 3.45. The molecule has 12 heteroatoms. The van der Waals surface area contributed by atoms with Crippen molar-refractivity contribution in [1.29, 1.82) is 0 Å². The number of hydrogen-bond donors (Lipinski definition) is 2. The number of benzene rings is 2. The molecule has 2 N–H and O–H groups in total. The van der Waals surface area contributed by atoms with Gasteiger partial charge >= 0.3 is 11.9 Å². The number of hydrazine groups is 1. The molecule has 3 rings (SSSR count). The van der Waals surface area contributed by atoms with Gasteiger partial charge in [0, 0.05) is 17.7 Å². The van der Waals surface area contributed by atoms with E-state index >= 15 is 0 Å². The molecule has 39 heavy (non-hydrogen) atoms. The van der Waals surface area contributed by atoms with Crippen molar-refractivity contribution < 1.29 is 42.9 Å². The van der Waals surface area contributed by atoms with Crippen LogP contribution in [0.3, 0.4) is 0 Å². The summed E-state index contributed by atoms with van der Waals surface area (Å²) >= 11 is 0. The van der Waals surface area contributed by atoms with Crippen molar-refractivity contribution in [3.8, 4) is 11.5 Å². The normalized spacial score (nSPS) is 14.4. The van der Waals surface area contributed by atoms with Gasteiger partial charge in [-0.2, -0.15) is 0 Å². The van der Waals surface area contributed by atoms with Crippen molar-refractivity contribution in [3.63, 3.8) is 0 Å². The average molecular weight is 542 g/mol. The van der Waals surface area contributed by atoms with E-state index in [2.05, 4.69) is 10.7 Å². The van der Waals surface area contributed by atoms with Crippen LogP contribution in [-0.2, 0) is 23.9 Å². The number of anilines is 1. The second-order valence-electron chi connectivity index (χ2n) is 8.64. The van der Waals surface area contributed by atoms with Gasteiger partial charge in [-0.25, -0.2) is 4.79 Å². The highest BCUT2D eigenvalue weighted by Gasteiger charge is 2.36. The molecule has 0 spiro atoms. The fourth-order valence-electron chi connectivity index (χ4n) is 3.67. The van der Waals surface area contributed by atoms with Crippen LogP contribution >= 0.6 is 0 Å². The Hall–Kier alpha value is -4.61. The minimum atomic E-state index is -0.853. The molecule has 0 bridgehead atoms. The van der Waals surface area contributed by atoms with Gasteiger partial charge in [0.15, 0.2) is 18.1 Å². The molecule has 2 aromatic rings. The SMILES string of the molecule is CCCCOC(=O)c1ccc(NC(=O)COC(=O)[C@H]2CC(=O)N(NC(=O)c3ccc(OC)c(OC)c3)C2)cc1. The zero-order valence-corrected chi connectivity index (χ0v) is 22.0. The third-order valence-electron chi connectivity index (χ3n) is 5.82. The van der Waals surface area contributed by atoms with Crippen LogP contribution in [0, 0.1) is 5.92 Å². The fraction of sp³-hybridized carbons (Fsp3) is 0.370. The van der Waals surface area contributed by atoms with Crippen LogP contribution in [0.4, 0.5) is 5.69 Å². The Morgan fingerprint density at radius 3 is 2.31 bits per heavy atom. The van der Waals surface area contributed by atoms with Gasteiger partial charge in [-0.05, 0) is 48.9 Å². The number of nitrogens with zero attached hydrogens (tertiary/aromatic N) is 1. The zero-order valence-electron chi connectivity index (χ0n) is 22.0. The predicted octanol–water partition coefficient (Wildman–Crippen LogP) is 2.34. The molecule has 2 aromatic carbocycles. The van der Waals surface area contributed by atoms with Crippen molar-refractivity contribution in [3.05, 3.63) is 53.6 Å². The van der Waals surface area contributed by atoms with Crippen LogP contribution in [0.15, 0.2) is 42.5 Å². The van der Waals surface area contributed by atoms with Crippen LogP contribution in [0.25, 0.3) is 0 Å². The minimum Gasteiger partial charge on any atom is -0.493 e. The minimum absolute atomic E-state index is 0.103. The van der Waals surface area contributed by atoms with E-state index in [1.165, 1.54) is 50.6 Å². The Labute approximate surface area is 225 Å². The first-order chi connectivity index (χ1) is 18.7. The number of carbonyl (C=O) groups excluding carboxylic acids is 5. The number of carbonyl (C=O) groups is 5. The summed E-state index contributed by atoms with van der Waals surface area (Å²) in [4.78, 5) is 61.6. The van der Waals surface area contributed by atoms with E-state index in [-0.39, 0.29) is 18.5 Å². The molecule has 208 valence electrons. The maximum Gasteiger partial charge on any atom is 0.338 e. The lowest BCUT2D eigenvalue weighted by molar-refractivity contribution is -0.151. The molecule has 0 saturated carbocycles. The van der Waals surface area contributed by atoms with Crippen LogP contribution in [-0.4, -0.2) is 68.6 Å². The molecule has 0 aromatic heterocycles. The largest absolute Gasteiger partial charge is 0.493 e. The summed E-state index contributed by atoms with van der Waals surface area (Å²) in [6, 6.07) is 10.6. The number of esters is 2. The molecular weight excluding hydrogens is 510 g/mol. The van der Waals surface area contributed by atoms with E-state index in [0.717, 1.165) is 17.9 Å². The van der Waals surface area contributed by atoms with Crippen molar-refractivity contribution >= 4 is 35.3 Å². The number of rotatable bonds is 12. The summed E-state index contributed by atoms with van der Waals surface area (Å²) in [6.07, 6.45) is 1.51. The third kappa shape index (κ3) is 7.94. The number of methoxy groups -OCH3 is 2. The molecular formula is C27H31N3O9. The van der Waals surface area contributed by atoms with E-state index in [1.807, 2.05) is 6.92 Å². The highest BCUT2D eigenvalue weighted by atomic mass is 16.5. The van der Waals surface area contributed by atoms with Crippen molar-refractivity contribution in [2.75, 3.05) is 39.3 Å². The van der Waals surface area contributed by atoms with E-state index in [1.54, 1.807) is 6.07 Å². The monoisotopic (exact) mass is 541 g/mol. The summed E-state index contributed by atoms with van der Waals surface area (Å²) < 4.78 is 20.5. The lowest BCUT2D eigenvalue weighted by Crippen LogP contribution is -2.43. The number of unbranched alkanes of at least 4 members (excludes halogenated alkanes) is 1. The van der Waals surface area contributed by atoms with E-state index in [0.29, 0.717) is 29.4 Å². The van der Waals surface area contributed by atoms with Crippen LogP contribution in [0.1, 0.15) is 46.9 Å². The number of hydrogen-bond acceptors (Lipinski definition) is 9. The Morgan fingerprint density at radius 1 is 0.949 bits per heavy atom. The molecule has 1 atom stereocenters. The molecule has 1 saturated heterocycles. The Bertz CT molecular complexity index is 1210. The summed E-state index contributed by atoms with van der Waals surface area (Å²) in [7, 11) is 2.90. The molecule has 1 aliphatic rings. The second-order valence-corrected chi connectivity index (χ2v) is 8.64. The van der Waals surface area contributed by atoms with Gasteiger partial charge in [0.05, 0.1) is 38.9 Å². The summed E-state index contributed by atoms with van der Waals surface area (Å²) in [5.74, 6) is -2.89. The van der Waals surface area contributed by atoms with Gasteiger partial charge in [0.25, 0.3) is 11.8 Å². The molecule has 1 aliphatic heterocycles. The molecule has 0 aliphatic carbocycles. The Morgan fingerprint density at radius 2 is 1.64 bits per heavy atom. The van der Waals surface area contributed by atoms with Crippen LogP contribution < -0.4 is 20.2 Å². The molecule has 12 nitrogen and oxygen atoms in total. The summed E-state index contributed by atoms with van der Waals surface area (Å²) in [6.45, 7) is 1.66. The first kappa shape index (κ1) is 29.0. The van der Waals surface area contributed by atoms with Gasteiger partial charge in [-0.3, -0.25) is 29.6 Å². The molecule has 3 amide bonds. The van der Waals surface area contributed by atoms with Crippen molar-refractivity contribution in [1.82, 2.24) is 10.4 Å². The molecule has 1 fully saturated rings. The lowest BCUT2D eigenvalue weighted by Gasteiger charge is -2.18. The third-order valence-corrected chi connectivity index (χ3v) is 5.82. The number of nitrogens with one attached hydrogen (secondary N) is 2. The van der Waals surface area contributed by atoms with E-state index < -0.39 is 42.2 Å². The standard InChI is InChI=1S/C27H31N3O9/c1-4-5-12-38-26(34)17-6-9-20(10-7-17)28-23(31)16-39-27(35)19-14-24(32)30(15-19)29-25(33)18-8-11-21(36-2)22(13-18)37-3/h6-11,13,19H,4-5,12,14-16H2,1-3H3,(H,28,31)(H,29,33)/t19-/m0/s1. The smallest absolute Gasteiger partial charge is 0.338 e. The second kappa shape index (κ2) is 13.8. The van der Waals surface area contributed by atoms with Crippen molar-refractivity contribution in [2.45, 2.75) is 26.2 Å². The fourth-order valence-corrected chi connectivity index (χ4v) is 3.67. The lowest BCUT2D eigenvalue weighted by atomic mass is 10.1. The molecule has 1 heterocycles. The first-order valence-electron chi connectivity index (χ1n) is 12.3. The van der Waals surface area contributed by atoms with Gasteiger partial charge in [-0.1, -0.05) is 13.3 Å². The topological polar surface area (TPSA) is 150 Å². The zero-order chi connectivity index (χ0) is 28.4. The van der Waals surface area contributed by atoms with Gasteiger partial charge in [0.1, 0.15) is 0 Å². The van der Waals surface area contributed by atoms with Crippen LogP contribution in [0.5, 0.6) is 11.5 Å². The predicted molar refractivity (Wildman–Crippen MR) is 138 cm³/mol. The number of amides is 3. The number of ether oxygens (including phenoxy) is 4. The average Bonchev–Trinajstić information content (AvgIpc) is 3.31. The molecule has 0 radical (unpaired) electrons. The first-order valence-corrected chi connectivity index (χ1v) is 12.3.